The molecule has 3 heteroatoms. The Morgan fingerprint density at radius 2 is 1.35 bits per heavy atom. The van der Waals surface area contributed by atoms with Crippen LogP contribution in [0, 0.1) is 0 Å². The Bertz CT molecular complexity index is 944. The van der Waals surface area contributed by atoms with Gasteiger partial charge in [-0.2, -0.15) is 0 Å². The molecule has 0 aliphatic carbocycles. The summed E-state index contributed by atoms with van der Waals surface area (Å²) in [6.45, 7) is 0. The quantitative estimate of drug-likeness (QED) is 0.396. The molecule has 0 N–H and O–H groups in total. The lowest BCUT2D eigenvalue weighted by atomic mass is 10.0. The van der Waals surface area contributed by atoms with Crippen molar-refractivity contribution in [1.82, 2.24) is 4.98 Å². The molecule has 0 unspecified atom stereocenters. The van der Waals surface area contributed by atoms with E-state index in [4.69, 9.17) is 11.6 Å². The number of halogens is 1. The van der Waals surface area contributed by atoms with E-state index in [1.54, 1.807) is 6.20 Å². The van der Waals surface area contributed by atoms with Gasteiger partial charge in [0, 0.05) is 22.6 Å². The molecule has 1 aromatic heterocycles. The van der Waals surface area contributed by atoms with Crippen molar-refractivity contribution in [3.63, 3.8) is 0 Å². The van der Waals surface area contributed by atoms with E-state index in [0.717, 1.165) is 33.2 Å². The van der Waals surface area contributed by atoms with E-state index in [1.807, 2.05) is 54.7 Å². The monoisotopic (exact) mass is 356 g/mol. The minimum absolute atomic E-state index is 0.742. The zero-order chi connectivity index (χ0) is 17.8. The summed E-state index contributed by atoms with van der Waals surface area (Å²) in [5.74, 6) is 0. The van der Waals surface area contributed by atoms with Gasteiger partial charge in [0.25, 0.3) is 0 Å². The first kappa shape index (κ1) is 16.4. The maximum Gasteiger partial charge on any atom is 0.0644 e. The summed E-state index contributed by atoms with van der Waals surface area (Å²) in [6, 6.07) is 30.7. The molecule has 26 heavy (non-hydrogen) atoms. The predicted molar refractivity (Wildman–Crippen MR) is 109 cm³/mol. The van der Waals surface area contributed by atoms with Crippen LogP contribution in [-0.2, 0) is 0 Å². The highest BCUT2D eigenvalue weighted by atomic mass is 35.5. The summed E-state index contributed by atoms with van der Waals surface area (Å²) in [4.78, 5) is 6.49. The van der Waals surface area contributed by atoms with Gasteiger partial charge in [0.15, 0.2) is 0 Å². The van der Waals surface area contributed by atoms with Crippen molar-refractivity contribution < 1.29 is 0 Å². The fourth-order valence-corrected chi connectivity index (χ4v) is 3.10. The summed E-state index contributed by atoms with van der Waals surface area (Å²) < 4.78 is 0. The van der Waals surface area contributed by atoms with Crippen LogP contribution in [0.3, 0.4) is 0 Å². The number of rotatable bonds is 4. The lowest BCUT2D eigenvalue weighted by Crippen LogP contribution is -2.10. The van der Waals surface area contributed by atoms with Gasteiger partial charge in [0.2, 0.25) is 0 Å². The Balaban J connectivity index is 1.82. The topological polar surface area (TPSA) is 16.1 Å². The number of hydrogen-bond acceptors (Lipinski definition) is 2. The van der Waals surface area contributed by atoms with Gasteiger partial charge < -0.3 is 4.90 Å². The highest BCUT2D eigenvalue weighted by Gasteiger charge is 2.12. The van der Waals surface area contributed by atoms with Crippen LogP contribution in [0.4, 0.5) is 17.1 Å². The molecule has 126 valence electrons. The highest BCUT2D eigenvalue weighted by molar-refractivity contribution is 6.30. The SMILES string of the molecule is Clc1ccc(-c2cccc(N(c3ccccc3)c3cccnc3)c2)cc1. The number of aromatic nitrogens is 1. The average molecular weight is 357 g/mol. The molecule has 1 heterocycles. The Kier molecular flexibility index (Phi) is 4.67. The number of hydrogen-bond donors (Lipinski definition) is 0. The summed E-state index contributed by atoms with van der Waals surface area (Å²) >= 11 is 6.03. The maximum atomic E-state index is 6.03. The molecule has 0 bridgehead atoms. The molecule has 0 aliphatic rings. The molecule has 0 atom stereocenters. The number of para-hydroxylation sites is 1. The Morgan fingerprint density at radius 3 is 2.08 bits per heavy atom. The van der Waals surface area contributed by atoms with Crippen LogP contribution in [0.25, 0.3) is 11.1 Å². The fourth-order valence-electron chi connectivity index (χ4n) is 2.98. The van der Waals surface area contributed by atoms with E-state index >= 15 is 0 Å². The van der Waals surface area contributed by atoms with Crippen LogP contribution in [0.15, 0.2) is 103 Å². The van der Waals surface area contributed by atoms with E-state index in [-0.39, 0.29) is 0 Å². The van der Waals surface area contributed by atoms with Crippen molar-refractivity contribution in [2.75, 3.05) is 4.90 Å². The first-order valence-electron chi connectivity index (χ1n) is 8.42. The first-order valence-corrected chi connectivity index (χ1v) is 8.80. The van der Waals surface area contributed by atoms with Crippen LogP contribution >= 0.6 is 11.6 Å². The van der Waals surface area contributed by atoms with E-state index < -0.39 is 0 Å². The third-order valence-corrected chi connectivity index (χ3v) is 4.45. The van der Waals surface area contributed by atoms with Gasteiger partial charge in [-0.1, -0.05) is 54.1 Å². The minimum Gasteiger partial charge on any atom is -0.309 e. The number of nitrogens with zero attached hydrogens (tertiary/aromatic N) is 2. The van der Waals surface area contributed by atoms with Gasteiger partial charge in [0.05, 0.1) is 11.9 Å². The minimum atomic E-state index is 0.742. The number of anilines is 3. The Hall–Kier alpha value is -3.10. The van der Waals surface area contributed by atoms with Crippen molar-refractivity contribution in [2.45, 2.75) is 0 Å². The normalized spacial score (nSPS) is 10.5. The van der Waals surface area contributed by atoms with Gasteiger partial charge in [-0.3, -0.25) is 4.98 Å². The molecule has 0 amide bonds. The molecule has 4 aromatic rings. The summed E-state index contributed by atoms with van der Waals surface area (Å²) in [5, 5.41) is 0.742. The average Bonchev–Trinajstić information content (AvgIpc) is 2.71. The molecule has 4 rings (SSSR count). The van der Waals surface area contributed by atoms with Crippen molar-refractivity contribution in [3.8, 4) is 11.1 Å². The van der Waals surface area contributed by atoms with Gasteiger partial charge >= 0.3 is 0 Å². The summed E-state index contributed by atoms with van der Waals surface area (Å²) in [5.41, 5.74) is 5.47. The van der Waals surface area contributed by atoms with Crippen molar-refractivity contribution >= 4 is 28.7 Å². The molecular weight excluding hydrogens is 340 g/mol. The Labute approximate surface area is 158 Å². The highest BCUT2D eigenvalue weighted by Crippen LogP contribution is 2.35. The second-order valence-corrected chi connectivity index (χ2v) is 6.38. The molecule has 0 saturated carbocycles. The van der Waals surface area contributed by atoms with Crippen LogP contribution in [-0.4, -0.2) is 4.98 Å². The van der Waals surface area contributed by atoms with Gasteiger partial charge in [-0.25, -0.2) is 0 Å². The van der Waals surface area contributed by atoms with E-state index in [1.165, 1.54) is 0 Å². The zero-order valence-electron chi connectivity index (χ0n) is 14.1. The van der Waals surface area contributed by atoms with Crippen molar-refractivity contribution in [2.24, 2.45) is 0 Å². The van der Waals surface area contributed by atoms with Crippen LogP contribution < -0.4 is 4.90 Å². The number of benzene rings is 3. The van der Waals surface area contributed by atoms with E-state index in [2.05, 4.69) is 52.3 Å². The lowest BCUT2D eigenvalue weighted by Gasteiger charge is -2.25. The molecule has 3 aromatic carbocycles. The third-order valence-electron chi connectivity index (χ3n) is 4.20. The van der Waals surface area contributed by atoms with Crippen LogP contribution in [0.1, 0.15) is 0 Å². The molecule has 0 aliphatic heterocycles. The predicted octanol–water partition coefficient (Wildman–Crippen LogP) is 6.87. The van der Waals surface area contributed by atoms with E-state index in [9.17, 15) is 0 Å². The van der Waals surface area contributed by atoms with Gasteiger partial charge in [-0.05, 0) is 59.7 Å². The lowest BCUT2D eigenvalue weighted by molar-refractivity contribution is 1.23. The molecule has 0 spiro atoms. The smallest absolute Gasteiger partial charge is 0.0644 e. The first-order chi connectivity index (χ1) is 12.8. The van der Waals surface area contributed by atoms with Crippen LogP contribution in [0.2, 0.25) is 5.02 Å². The van der Waals surface area contributed by atoms with Crippen molar-refractivity contribution in [1.29, 1.82) is 0 Å². The third kappa shape index (κ3) is 3.46. The van der Waals surface area contributed by atoms with Gasteiger partial charge in [0.1, 0.15) is 0 Å². The van der Waals surface area contributed by atoms with Gasteiger partial charge in [-0.15, -0.1) is 0 Å². The molecular formula is C23H17ClN2. The molecule has 0 fully saturated rings. The zero-order valence-corrected chi connectivity index (χ0v) is 14.8. The summed E-state index contributed by atoms with van der Waals surface area (Å²) in [7, 11) is 0. The summed E-state index contributed by atoms with van der Waals surface area (Å²) in [6.07, 6.45) is 3.67. The second kappa shape index (κ2) is 7.42. The molecule has 0 radical (unpaired) electrons. The Morgan fingerprint density at radius 1 is 0.615 bits per heavy atom. The molecule has 2 nitrogen and oxygen atoms in total. The van der Waals surface area contributed by atoms with Crippen molar-refractivity contribution in [3.05, 3.63) is 108 Å². The maximum absolute atomic E-state index is 6.03. The molecule has 0 saturated heterocycles. The standard InChI is InChI=1S/C23H17ClN2/c24-20-13-11-18(12-14-20)19-6-4-9-22(16-19)26(21-7-2-1-3-8-21)23-10-5-15-25-17-23/h1-17H. The fraction of sp³-hybridized carbons (Fsp3) is 0. The largest absolute Gasteiger partial charge is 0.309 e. The van der Waals surface area contributed by atoms with Crippen LogP contribution in [0.5, 0.6) is 0 Å². The van der Waals surface area contributed by atoms with E-state index in [0.29, 0.717) is 0 Å². The second-order valence-electron chi connectivity index (χ2n) is 5.94. The number of pyridine rings is 1.